The SMILES string of the molecule is C/C(N)=C\c1c(C)c(=O)[nH][nH]c1=O. The van der Waals surface area contributed by atoms with E-state index in [1.165, 1.54) is 6.08 Å². The maximum absolute atomic E-state index is 11.2. The molecule has 0 saturated carbocycles. The molecular formula is C8H11N3O2. The fraction of sp³-hybridized carbons (Fsp3) is 0.250. The maximum Gasteiger partial charge on any atom is 0.270 e. The Morgan fingerprint density at radius 1 is 1.31 bits per heavy atom. The summed E-state index contributed by atoms with van der Waals surface area (Å²) in [6.45, 7) is 3.23. The summed E-state index contributed by atoms with van der Waals surface area (Å²) < 4.78 is 0. The summed E-state index contributed by atoms with van der Waals surface area (Å²) in [6.07, 6.45) is 1.48. The van der Waals surface area contributed by atoms with Crippen molar-refractivity contribution < 1.29 is 0 Å². The van der Waals surface area contributed by atoms with Crippen LogP contribution in [0.2, 0.25) is 0 Å². The van der Waals surface area contributed by atoms with Gasteiger partial charge in [-0.3, -0.25) is 19.8 Å². The first-order chi connectivity index (χ1) is 6.02. The second-order valence-electron chi connectivity index (χ2n) is 2.84. The number of nitrogens with two attached hydrogens (primary N) is 1. The van der Waals surface area contributed by atoms with Crippen molar-refractivity contribution in [2.75, 3.05) is 0 Å². The molecule has 0 aliphatic carbocycles. The van der Waals surface area contributed by atoms with Crippen molar-refractivity contribution >= 4 is 6.08 Å². The van der Waals surface area contributed by atoms with Gasteiger partial charge in [0, 0.05) is 11.3 Å². The van der Waals surface area contributed by atoms with Gasteiger partial charge in [-0.1, -0.05) is 0 Å². The van der Waals surface area contributed by atoms with Crippen LogP contribution in [-0.2, 0) is 0 Å². The number of aromatic amines is 2. The third-order valence-electron chi connectivity index (χ3n) is 1.65. The summed E-state index contributed by atoms with van der Waals surface area (Å²) in [5.74, 6) is 0. The molecule has 1 rings (SSSR count). The summed E-state index contributed by atoms with van der Waals surface area (Å²) in [4.78, 5) is 22.3. The molecule has 0 amide bonds. The van der Waals surface area contributed by atoms with Crippen LogP contribution >= 0.6 is 0 Å². The van der Waals surface area contributed by atoms with Crippen molar-refractivity contribution in [1.82, 2.24) is 10.2 Å². The van der Waals surface area contributed by atoms with E-state index >= 15 is 0 Å². The van der Waals surface area contributed by atoms with Crippen molar-refractivity contribution in [1.29, 1.82) is 0 Å². The van der Waals surface area contributed by atoms with Crippen LogP contribution in [0.4, 0.5) is 0 Å². The fourth-order valence-corrected chi connectivity index (χ4v) is 0.969. The Kier molecular flexibility index (Phi) is 2.36. The minimum atomic E-state index is -0.345. The highest BCUT2D eigenvalue weighted by Crippen LogP contribution is 1.98. The fourth-order valence-electron chi connectivity index (χ4n) is 0.969. The molecule has 1 aromatic heterocycles. The number of nitrogens with one attached hydrogen (secondary N) is 2. The zero-order valence-corrected chi connectivity index (χ0v) is 7.47. The van der Waals surface area contributed by atoms with Crippen molar-refractivity contribution in [2.24, 2.45) is 5.73 Å². The van der Waals surface area contributed by atoms with E-state index in [-0.39, 0.29) is 11.1 Å². The largest absolute Gasteiger partial charge is 0.402 e. The molecule has 70 valence electrons. The third kappa shape index (κ3) is 1.87. The molecule has 0 unspecified atom stereocenters. The summed E-state index contributed by atoms with van der Waals surface area (Å²) >= 11 is 0. The van der Waals surface area contributed by atoms with Gasteiger partial charge in [-0.05, 0) is 19.9 Å². The van der Waals surface area contributed by atoms with Crippen LogP contribution in [0.1, 0.15) is 18.1 Å². The normalized spacial score (nSPS) is 11.7. The molecule has 0 fully saturated rings. The van der Waals surface area contributed by atoms with Crippen LogP contribution < -0.4 is 16.9 Å². The van der Waals surface area contributed by atoms with Gasteiger partial charge in [0.1, 0.15) is 0 Å². The second kappa shape index (κ2) is 3.30. The molecule has 13 heavy (non-hydrogen) atoms. The van der Waals surface area contributed by atoms with Gasteiger partial charge in [-0.2, -0.15) is 0 Å². The number of allylic oxidation sites excluding steroid dienone is 1. The molecule has 0 aromatic carbocycles. The second-order valence-corrected chi connectivity index (χ2v) is 2.84. The van der Waals surface area contributed by atoms with Gasteiger partial charge < -0.3 is 5.73 Å². The van der Waals surface area contributed by atoms with Gasteiger partial charge in [0.15, 0.2) is 0 Å². The molecular weight excluding hydrogens is 170 g/mol. The van der Waals surface area contributed by atoms with Crippen molar-refractivity contribution in [2.45, 2.75) is 13.8 Å². The molecule has 5 heteroatoms. The first kappa shape index (κ1) is 9.31. The quantitative estimate of drug-likeness (QED) is 0.555. The lowest BCUT2D eigenvalue weighted by atomic mass is 10.1. The Morgan fingerprint density at radius 2 is 1.85 bits per heavy atom. The minimum Gasteiger partial charge on any atom is -0.402 e. The molecule has 5 nitrogen and oxygen atoms in total. The minimum absolute atomic E-state index is 0.309. The molecule has 4 N–H and O–H groups in total. The number of hydrogen-bond donors (Lipinski definition) is 3. The van der Waals surface area contributed by atoms with E-state index in [0.717, 1.165) is 0 Å². The van der Waals surface area contributed by atoms with E-state index < -0.39 is 0 Å². The predicted octanol–water partition coefficient (Wildman–Crippen LogP) is -0.309. The Hall–Kier alpha value is -1.78. The van der Waals surface area contributed by atoms with E-state index in [1.807, 2.05) is 0 Å². The highest BCUT2D eigenvalue weighted by molar-refractivity contribution is 5.53. The van der Waals surface area contributed by atoms with Gasteiger partial charge in [-0.15, -0.1) is 0 Å². The lowest BCUT2D eigenvalue weighted by Gasteiger charge is -1.97. The van der Waals surface area contributed by atoms with Gasteiger partial charge in [0.2, 0.25) is 0 Å². The molecule has 0 aliphatic rings. The molecule has 1 heterocycles. The van der Waals surface area contributed by atoms with Crippen molar-refractivity contribution in [3.8, 4) is 0 Å². The maximum atomic E-state index is 11.2. The van der Waals surface area contributed by atoms with Crippen molar-refractivity contribution in [3.05, 3.63) is 37.5 Å². The number of hydrogen-bond acceptors (Lipinski definition) is 3. The van der Waals surface area contributed by atoms with E-state index in [2.05, 4.69) is 10.2 Å². The molecule has 0 atom stereocenters. The third-order valence-corrected chi connectivity index (χ3v) is 1.65. The average Bonchev–Trinajstić information content (AvgIpc) is 2.05. The lowest BCUT2D eigenvalue weighted by molar-refractivity contribution is 0.928. The lowest BCUT2D eigenvalue weighted by Crippen LogP contribution is -2.24. The van der Waals surface area contributed by atoms with Gasteiger partial charge in [0.05, 0.1) is 5.56 Å². The van der Waals surface area contributed by atoms with E-state index in [1.54, 1.807) is 13.8 Å². The average molecular weight is 181 g/mol. The Balaban J connectivity index is 3.53. The molecule has 0 aliphatic heterocycles. The molecule has 1 aromatic rings. The Labute approximate surface area is 74.3 Å². The highest BCUT2D eigenvalue weighted by atomic mass is 16.1. The zero-order chi connectivity index (χ0) is 10.0. The van der Waals surface area contributed by atoms with Crippen molar-refractivity contribution in [3.63, 3.8) is 0 Å². The van der Waals surface area contributed by atoms with E-state index in [9.17, 15) is 9.59 Å². The van der Waals surface area contributed by atoms with Crippen LogP contribution in [0.5, 0.6) is 0 Å². The Morgan fingerprint density at radius 3 is 2.38 bits per heavy atom. The monoisotopic (exact) mass is 181 g/mol. The van der Waals surface area contributed by atoms with Gasteiger partial charge >= 0.3 is 0 Å². The Bertz CT molecular complexity index is 449. The highest BCUT2D eigenvalue weighted by Gasteiger charge is 2.03. The smallest absolute Gasteiger partial charge is 0.270 e. The van der Waals surface area contributed by atoms with E-state index in [0.29, 0.717) is 16.8 Å². The van der Waals surface area contributed by atoms with Crippen LogP contribution in [0.25, 0.3) is 6.08 Å². The summed E-state index contributed by atoms with van der Waals surface area (Å²) in [5.41, 5.74) is 5.91. The topological polar surface area (TPSA) is 91.7 Å². The zero-order valence-electron chi connectivity index (χ0n) is 7.47. The summed E-state index contributed by atoms with van der Waals surface area (Å²) in [5, 5.41) is 4.44. The summed E-state index contributed by atoms with van der Waals surface area (Å²) in [7, 11) is 0. The number of aromatic nitrogens is 2. The van der Waals surface area contributed by atoms with Crippen LogP contribution in [0.3, 0.4) is 0 Å². The first-order valence-electron chi connectivity index (χ1n) is 3.77. The number of H-pyrrole nitrogens is 2. The van der Waals surface area contributed by atoms with Gasteiger partial charge in [-0.25, -0.2) is 0 Å². The molecule has 0 radical (unpaired) electrons. The standard InChI is InChI=1S/C8H11N3O2/c1-4(9)3-6-5(2)7(12)10-11-8(6)13/h3H,9H2,1-2H3,(H,10,12)(H,11,13)/b4-3+. The summed E-state index contributed by atoms with van der Waals surface area (Å²) in [6, 6.07) is 0. The molecule has 0 spiro atoms. The van der Waals surface area contributed by atoms with Crippen LogP contribution in [0.15, 0.2) is 15.3 Å². The molecule has 0 saturated heterocycles. The first-order valence-corrected chi connectivity index (χ1v) is 3.77. The predicted molar refractivity (Wildman–Crippen MR) is 50.3 cm³/mol. The molecule has 0 bridgehead atoms. The van der Waals surface area contributed by atoms with Crippen LogP contribution in [0, 0.1) is 6.92 Å². The van der Waals surface area contributed by atoms with Crippen LogP contribution in [-0.4, -0.2) is 10.2 Å². The van der Waals surface area contributed by atoms with Gasteiger partial charge in [0.25, 0.3) is 11.1 Å². The number of rotatable bonds is 1. The van der Waals surface area contributed by atoms with E-state index in [4.69, 9.17) is 5.73 Å².